The molecule has 2 rings (SSSR count). The highest BCUT2D eigenvalue weighted by molar-refractivity contribution is 6.36. The summed E-state index contributed by atoms with van der Waals surface area (Å²) in [7, 11) is 0. The van der Waals surface area contributed by atoms with Gasteiger partial charge in [-0.05, 0) is 55.3 Å². The van der Waals surface area contributed by atoms with Crippen molar-refractivity contribution in [3.05, 3.63) is 57.6 Å². The lowest BCUT2D eigenvalue weighted by atomic mass is 10.1. The number of hydrogen-bond acceptors (Lipinski definition) is 2. The van der Waals surface area contributed by atoms with Gasteiger partial charge in [0.05, 0.1) is 10.7 Å². The maximum Gasteiger partial charge on any atom is 0.244 e. The van der Waals surface area contributed by atoms with Gasteiger partial charge in [0.1, 0.15) is 6.54 Å². The number of aryl methyl sites for hydroxylation is 2. The zero-order chi connectivity index (χ0) is 17.9. The Morgan fingerprint density at radius 3 is 2.21 bits per heavy atom. The van der Waals surface area contributed by atoms with Gasteiger partial charge in [-0.2, -0.15) is 0 Å². The third-order valence-corrected chi connectivity index (χ3v) is 3.93. The summed E-state index contributed by atoms with van der Waals surface area (Å²) in [6.07, 6.45) is 0. The van der Waals surface area contributed by atoms with Gasteiger partial charge < -0.3 is 10.2 Å². The molecule has 1 N–H and O–H groups in total. The van der Waals surface area contributed by atoms with Crippen molar-refractivity contribution in [2.75, 3.05) is 16.8 Å². The summed E-state index contributed by atoms with van der Waals surface area (Å²) >= 11 is 12.0. The Kier molecular flexibility index (Phi) is 5.86. The predicted octanol–water partition coefficient (Wildman–Crippen LogP) is 4.60. The smallest absolute Gasteiger partial charge is 0.244 e. The number of halogens is 2. The Balaban J connectivity index is 2.18. The van der Waals surface area contributed by atoms with E-state index in [1.165, 1.54) is 17.9 Å². The van der Waals surface area contributed by atoms with E-state index in [0.29, 0.717) is 21.4 Å². The van der Waals surface area contributed by atoms with Gasteiger partial charge in [0.25, 0.3) is 0 Å². The van der Waals surface area contributed by atoms with Crippen LogP contribution in [-0.2, 0) is 9.59 Å². The molecule has 0 saturated heterocycles. The molecule has 0 atom stereocenters. The third-order valence-electron chi connectivity index (χ3n) is 3.39. The van der Waals surface area contributed by atoms with Crippen molar-refractivity contribution < 1.29 is 9.59 Å². The van der Waals surface area contributed by atoms with E-state index in [1.54, 1.807) is 12.1 Å². The Labute approximate surface area is 151 Å². The van der Waals surface area contributed by atoms with Crippen LogP contribution in [0.15, 0.2) is 36.4 Å². The van der Waals surface area contributed by atoms with E-state index in [4.69, 9.17) is 23.2 Å². The number of benzene rings is 2. The van der Waals surface area contributed by atoms with Crippen molar-refractivity contribution in [3.63, 3.8) is 0 Å². The molecule has 2 amide bonds. The highest BCUT2D eigenvalue weighted by atomic mass is 35.5. The van der Waals surface area contributed by atoms with Crippen LogP contribution in [0.2, 0.25) is 10.0 Å². The zero-order valence-electron chi connectivity index (χ0n) is 13.7. The number of carbonyl (C=O) groups excluding carboxylic acids is 2. The van der Waals surface area contributed by atoms with Crippen molar-refractivity contribution >= 4 is 46.4 Å². The molecule has 0 aromatic heterocycles. The molecule has 0 saturated carbocycles. The van der Waals surface area contributed by atoms with Crippen LogP contribution >= 0.6 is 23.2 Å². The summed E-state index contributed by atoms with van der Waals surface area (Å²) in [6, 6.07) is 10.6. The molecule has 2 aromatic rings. The highest BCUT2D eigenvalue weighted by Crippen LogP contribution is 2.29. The molecular formula is C18H18Cl2N2O2. The van der Waals surface area contributed by atoms with Crippen LogP contribution in [0.25, 0.3) is 0 Å². The maximum absolute atomic E-state index is 12.3. The molecule has 0 aliphatic carbocycles. The fourth-order valence-corrected chi connectivity index (χ4v) is 2.97. The first-order valence-corrected chi connectivity index (χ1v) is 8.13. The van der Waals surface area contributed by atoms with Crippen molar-refractivity contribution in [3.8, 4) is 0 Å². The van der Waals surface area contributed by atoms with Crippen LogP contribution in [0.3, 0.4) is 0 Å². The van der Waals surface area contributed by atoms with Crippen molar-refractivity contribution in [2.45, 2.75) is 20.8 Å². The fraction of sp³-hybridized carbons (Fsp3) is 0.222. The van der Waals surface area contributed by atoms with Crippen LogP contribution in [0.1, 0.15) is 18.1 Å². The van der Waals surface area contributed by atoms with E-state index in [0.717, 1.165) is 11.1 Å². The van der Waals surface area contributed by atoms with Gasteiger partial charge in [0.2, 0.25) is 11.8 Å². The first-order valence-electron chi connectivity index (χ1n) is 7.37. The molecule has 0 aliphatic rings. The topological polar surface area (TPSA) is 49.4 Å². The summed E-state index contributed by atoms with van der Waals surface area (Å²) in [6.45, 7) is 5.16. The fourth-order valence-electron chi connectivity index (χ4n) is 2.46. The molecule has 0 fully saturated rings. The van der Waals surface area contributed by atoms with E-state index < -0.39 is 0 Å². The molecule has 0 aliphatic heterocycles. The summed E-state index contributed by atoms with van der Waals surface area (Å²) in [5, 5.41) is 3.59. The van der Waals surface area contributed by atoms with E-state index in [2.05, 4.69) is 5.32 Å². The molecular weight excluding hydrogens is 347 g/mol. The van der Waals surface area contributed by atoms with Gasteiger partial charge in [0.15, 0.2) is 0 Å². The quantitative estimate of drug-likeness (QED) is 0.861. The van der Waals surface area contributed by atoms with E-state index >= 15 is 0 Å². The second-order valence-corrected chi connectivity index (χ2v) is 6.47. The number of rotatable bonds is 4. The minimum absolute atomic E-state index is 0.135. The summed E-state index contributed by atoms with van der Waals surface area (Å²) in [5.74, 6) is -0.587. The minimum atomic E-state index is -0.304. The SMILES string of the molecule is CC(=O)N(CC(=O)Nc1cc(C)cc(C)c1)c1ccc(Cl)cc1Cl. The largest absolute Gasteiger partial charge is 0.325 e. The minimum Gasteiger partial charge on any atom is -0.325 e. The second-order valence-electron chi connectivity index (χ2n) is 5.63. The summed E-state index contributed by atoms with van der Waals surface area (Å²) in [5.41, 5.74) is 3.25. The Bertz CT molecular complexity index is 770. The number of nitrogens with zero attached hydrogens (tertiary/aromatic N) is 1. The lowest BCUT2D eigenvalue weighted by Crippen LogP contribution is -2.36. The van der Waals surface area contributed by atoms with Gasteiger partial charge >= 0.3 is 0 Å². The van der Waals surface area contributed by atoms with Gasteiger partial charge in [0, 0.05) is 17.6 Å². The molecule has 6 heteroatoms. The van der Waals surface area contributed by atoms with Crippen LogP contribution in [0, 0.1) is 13.8 Å². The van der Waals surface area contributed by atoms with E-state index in [1.807, 2.05) is 32.0 Å². The summed E-state index contributed by atoms with van der Waals surface area (Å²) in [4.78, 5) is 25.6. The van der Waals surface area contributed by atoms with Crippen LogP contribution < -0.4 is 10.2 Å². The monoisotopic (exact) mass is 364 g/mol. The number of hydrogen-bond donors (Lipinski definition) is 1. The first-order chi connectivity index (χ1) is 11.3. The highest BCUT2D eigenvalue weighted by Gasteiger charge is 2.18. The normalized spacial score (nSPS) is 10.4. The lowest BCUT2D eigenvalue weighted by molar-refractivity contribution is -0.120. The van der Waals surface area contributed by atoms with E-state index in [-0.39, 0.29) is 18.4 Å². The number of amides is 2. The molecule has 24 heavy (non-hydrogen) atoms. The van der Waals surface area contributed by atoms with Crippen molar-refractivity contribution in [2.24, 2.45) is 0 Å². The molecule has 0 unspecified atom stereocenters. The molecule has 0 spiro atoms. The van der Waals surface area contributed by atoms with Gasteiger partial charge in [-0.3, -0.25) is 9.59 Å². The Morgan fingerprint density at radius 2 is 1.67 bits per heavy atom. The van der Waals surface area contributed by atoms with Crippen molar-refractivity contribution in [1.82, 2.24) is 0 Å². The molecule has 0 radical (unpaired) electrons. The Hall–Kier alpha value is -2.04. The number of anilines is 2. The lowest BCUT2D eigenvalue weighted by Gasteiger charge is -2.22. The predicted molar refractivity (Wildman–Crippen MR) is 99.0 cm³/mol. The number of nitrogens with one attached hydrogen (secondary N) is 1. The molecule has 0 heterocycles. The Morgan fingerprint density at radius 1 is 1.04 bits per heavy atom. The molecule has 126 valence electrons. The van der Waals surface area contributed by atoms with Crippen molar-refractivity contribution in [1.29, 1.82) is 0 Å². The average Bonchev–Trinajstić information content (AvgIpc) is 2.44. The third kappa shape index (κ3) is 4.73. The number of carbonyl (C=O) groups is 2. The summed E-state index contributed by atoms with van der Waals surface area (Å²) < 4.78 is 0. The van der Waals surface area contributed by atoms with Gasteiger partial charge in [-0.1, -0.05) is 29.3 Å². The molecule has 0 bridgehead atoms. The first kappa shape index (κ1) is 18.3. The maximum atomic E-state index is 12.3. The van der Waals surface area contributed by atoms with Crippen LogP contribution in [0.5, 0.6) is 0 Å². The van der Waals surface area contributed by atoms with Gasteiger partial charge in [-0.25, -0.2) is 0 Å². The van der Waals surface area contributed by atoms with Gasteiger partial charge in [-0.15, -0.1) is 0 Å². The van der Waals surface area contributed by atoms with E-state index in [9.17, 15) is 9.59 Å². The average molecular weight is 365 g/mol. The van der Waals surface area contributed by atoms with Crippen LogP contribution in [0.4, 0.5) is 11.4 Å². The molecule has 4 nitrogen and oxygen atoms in total. The standard InChI is InChI=1S/C18H18Cl2N2O2/c1-11-6-12(2)8-15(7-11)21-18(24)10-22(13(3)23)17-5-4-14(19)9-16(17)20/h4-9H,10H2,1-3H3,(H,21,24). The molecule has 2 aromatic carbocycles. The zero-order valence-corrected chi connectivity index (χ0v) is 15.2. The van der Waals surface area contributed by atoms with Crippen LogP contribution in [-0.4, -0.2) is 18.4 Å². The second kappa shape index (κ2) is 7.69.